The second-order valence-electron chi connectivity index (χ2n) is 4.70. The van der Waals surface area contributed by atoms with Gasteiger partial charge in [-0.1, -0.05) is 6.07 Å². The molecule has 1 saturated heterocycles. The fourth-order valence-electron chi connectivity index (χ4n) is 2.10. The summed E-state index contributed by atoms with van der Waals surface area (Å²) >= 11 is 0. The van der Waals surface area contributed by atoms with Crippen molar-refractivity contribution >= 4 is 11.6 Å². The van der Waals surface area contributed by atoms with Gasteiger partial charge in [0.05, 0.1) is 6.54 Å². The molecule has 17 heavy (non-hydrogen) atoms. The minimum absolute atomic E-state index is 0.174. The summed E-state index contributed by atoms with van der Waals surface area (Å²) in [6.45, 7) is 6.42. The van der Waals surface area contributed by atoms with Crippen LogP contribution in [0.2, 0.25) is 0 Å². The van der Waals surface area contributed by atoms with Gasteiger partial charge in [-0.25, -0.2) is 0 Å². The number of aryl methyl sites for hydroxylation is 2. The zero-order chi connectivity index (χ0) is 12.3. The van der Waals surface area contributed by atoms with E-state index in [0.29, 0.717) is 6.54 Å². The molecule has 0 bridgehead atoms. The van der Waals surface area contributed by atoms with Crippen LogP contribution in [0.1, 0.15) is 24.0 Å². The third-order valence-electron chi connectivity index (χ3n) is 3.36. The highest BCUT2D eigenvalue weighted by Crippen LogP contribution is 2.20. The van der Waals surface area contributed by atoms with E-state index in [2.05, 4.69) is 31.3 Å². The molecule has 0 saturated carbocycles. The first kappa shape index (κ1) is 12.1. The molecule has 0 spiro atoms. The predicted octanol–water partition coefficient (Wildman–Crippen LogP) is 2.02. The highest BCUT2D eigenvalue weighted by Gasteiger charge is 2.17. The summed E-state index contributed by atoms with van der Waals surface area (Å²) in [7, 11) is 0. The van der Waals surface area contributed by atoms with Gasteiger partial charge in [0.2, 0.25) is 5.91 Å². The molecule has 1 aromatic carbocycles. The van der Waals surface area contributed by atoms with Crippen LogP contribution in [0.15, 0.2) is 18.2 Å². The smallest absolute Gasteiger partial charge is 0.240 e. The molecular weight excluding hydrogens is 212 g/mol. The SMILES string of the molecule is Cc1ccc(N2CCCCNCC2=O)cc1C. The van der Waals surface area contributed by atoms with Crippen molar-refractivity contribution in [2.24, 2.45) is 0 Å². The quantitative estimate of drug-likeness (QED) is 0.803. The van der Waals surface area contributed by atoms with Gasteiger partial charge in [-0.15, -0.1) is 0 Å². The normalized spacial score (nSPS) is 17.8. The number of nitrogens with one attached hydrogen (secondary N) is 1. The van der Waals surface area contributed by atoms with E-state index in [0.717, 1.165) is 31.6 Å². The van der Waals surface area contributed by atoms with Crippen LogP contribution in [0.5, 0.6) is 0 Å². The van der Waals surface area contributed by atoms with Gasteiger partial charge >= 0.3 is 0 Å². The molecule has 0 aliphatic carbocycles. The van der Waals surface area contributed by atoms with E-state index < -0.39 is 0 Å². The average molecular weight is 232 g/mol. The number of anilines is 1. The van der Waals surface area contributed by atoms with Crippen LogP contribution in [0, 0.1) is 13.8 Å². The Hall–Kier alpha value is -1.35. The second-order valence-corrected chi connectivity index (χ2v) is 4.70. The molecule has 1 aromatic rings. The Bertz CT molecular complexity index is 415. The molecule has 1 fully saturated rings. The second kappa shape index (κ2) is 5.32. The van der Waals surface area contributed by atoms with Crippen molar-refractivity contribution in [3.05, 3.63) is 29.3 Å². The van der Waals surface area contributed by atoms with Gasteiger partial charge in [-0.3, -0.25) is 4.79 Å². The topological polar surface area (TPSA) is 32.3 Å². The summed E-state index contributed by atoms with van der Waals surface area (Å²) in [5, 5.41) is 3.17. The van der Waals surface area contributed by atoms with Crippen molar-refractivity contribution < 1.29 is 4.79 Å². The molecule has 0 atom stereocenters. The van der Waals surface area contributed by atoms with Gasteiger partial charge in [-0.05, 0) is 56.5 Å². The van der Waals surface area contributed by atoms with E-state index in [1.165, 1.54) is 11.1 Å². The molecule has 0 radical (unpaired) electrons. The number of benzene rings is 1. The van der Waals surface area contributed by atoms with Crippen molar-refractivity contribution in [3.63, 3.8) is 0 Å². The first-order chi connectivity index (χ1) is 8.18. The number of nitrogens with zero attached hydrogens (tertiary/aromatic N) is 1. The Morgan fingerprint density at radius 3 is 2.76 bits per heavy atom. The van der Waals surface area contributed by atoms with Crippen LogP contribution < -0.4 is 10.2 Å². The van der Waals surface area contributed by atoms with E-state index in [4.69, 9.17) is 0 Å². The van der Waals surface area contributed by atoms with Crippen LogP contribution in [0.25, 0.3) is 0 Å². The maximum atomic E-state index is 12.0. The van der Waals surface area contributed by atoms with Crippen molar-refractivity contribution in [1.29, 1.82) is 0 Å². The summed E-state index contributed by atoms with van der Waals surface area (Å²) in [5.41, 5.74) is 3.54. The van der Waals surface area contributed by atoms with Gasteiger partial charge in [0.15, 0.2) is 0 Å². The fraction of sp³-hybridized carbons (Fsp3) is 0.500. The average Bonchev–Trinajstić information content (AvgIpc) is 2.28. The zero-order valence-corrected chi connectivity index (χ0v) is 10.6. The van der Waals surface area contributed by atoms with Crippen LogP contribution in [0.3, 0.4) is 0 Å². The number of carbonyl (C=O) groups excluding carboxylic acids is 1. The van der Waals surface area contributed by atoms with Crippen molar-refractivity contribution in [1.82, 2.24) is 5.32 Å². The molecule has 0 unspecified atom stereocenters. The maximum absolute atomic E-state index is 12.0. The highest BCUT2D eigenvalue weighted by atomic mass is 16.2. The predicted molar refractivity (Wildman–Crippen MR) is 70.4 cm³/mol. The summed E-state index contributed by atoms with van der Waals surface area (Å²) in [5.74, 6) is 0.174. The standard InChI is InChI=1S/C14H20N2O/c1-11-5-6-13(9-12(11)2)16-8-4-3-7-15-10-14(16)17/h5-6,9,15H,3-4,7-8,10H2,1-2H3. The minimum atomic E-state index is 0.174. The number of hydrogen-bond acceptors (Lipinski definition) is 2. The van der Waals surface area contributed by atoms with E-state index >= 15 is 0 Å². The lowest BCUT2D eigenvalue weighted by Gasteiger charge is -2.26. The van der Waals surface area contributed by atoms with Gasteiger partial charge < -0.3 is 10.2 Å². The minimum Gasteiger partial charge on any atom is -0.311 e. The summed E-state index contributed by atoms with van der Waals surface area (Å²) < 4.78 is 0. The highest BCUT2D eigenvalue weighted by molar-refractivity contribution is 5.95. The molecule has 92 valence electrons. The third kappa shape index (κ3) is 2.86. The largest absolute Gasteiger partial charge is 0.311 e. The molecular formula is C14H20N2O. The fourth-order valence-corrected chi connectivity index (χ4v) is 2.10. The monoisotopic (exact) mass is 232 g/mol. The lowest BCUT2D eigenvalue weighted by molar-refractivity contribution is -0.118. The number of amides is 1. The Labute approximate surface area is 103 Å². The van der Waals surface area contributed by atoms with Crippen LogP contribution >= 0.6 is 0 Å². The van der Waals surface area contributed by atoms with Crippen LogP contribution in [-0.4, -0.2) is 25.5 Å². The number of hydrogen-bond donors (Lipinski definition) is 1. The summed E-state index contributed by atoms with van der Waals surface area (Å²) in [6, 6.07) is 6.24. The maximum Gasteiger partial charge on any atom is 0.240 e. The Morgan fingerprint density at radius 2 is 2.00 bits per heavy atom. The summed E-state index contributed by atoms with van der Waals surface area (Å²) in [6.07, 6.45) is 2.19. The lowest BCUT2D eigenvalue weighted by Crippen LogP contribution is -2.41. The van der Waals surface area contributed by atoms with Crippen molar-refractivity contribution in [2.75, 3.05) is 24.5 Å². The first-order valence-electron chi connectivity index (χ1n) is 6.27. The van der Waals surface area contributed by atoms with Crippen molar-refractivity contribution in [3.8, 4) is 0 Å². The number of carbonyl (C=O) groups is 1. The van der Waals surface area contributed by atoms with Crippen LogP contribution in [0.4, 0.5) is 5.69 Å². The molecule has 1 heterocycles. The first-order valence-corrected chi connectivity index (χ1v) is 6.27. The lowest BCUT2D eigenvalue weighted by atomic mass is 10.1. The van der Waals surface area contributed by atoms with E-state index in [9.17, 15) is 4.79 Å². The Balaban J connectivity index is 2.22. The zero-order valence-electron chi connectivity index (χ0n) is 10.6. The molecule has 1 N–H and O–H groups in total. The van der Waals surface area contributed by atoms with E-state index in [-0.39, 0.29) is 5.91 Å². The van der Waals surface area contributed by atoms with Gasteiger partial charge in [0.1, 0.15) is 0 Å². The molecule has 1 aliphatic heterocycles. The van der Waals surface area contributed by atoms with Crippen molar-refractivity contribution in [2.45, 2.75) is 26.7 Å². The molecule has 3 nitrogen and oxygen atoms in total. The van der Waals surface area contributed by atoms with Crippen LogP contribution in [-0.2, 0) is 4.79 Å². The Kier molecular flexibility index (Phi) is 3.79. The summed E-state index contributed by atoms with van der Waals surface area (Å²) in [4.78, 5) is 13.9. The molecule has 2 rings (SSSR count). The number of rotatable bonds is 1. The van der Waals surface area contributed by atoms with E-state index in [1.54, 1.807) is 0 Å². The molecule has 0 aromatic heterocycles. The Morgan fingerprint density at radius 1 is 1.18 bits per heavy atom. The molecule has 1 amide bonds. The van der Waals surface area contributed by atoms with Gasteiger partial charge in [0, 0.05) is 12.2 Å². The van der Waals surface area contributed by atoms with Gasteiger partial charge in [-0.2, -0.15) is 0 Å². The third-order valence-corrected chi connectivity index (χ3v) is 3.36. The van der Waals surface area contributed by atoms with Gasteiger partial charge in [0.25, 0.3) is 0 Å². The molecule has 3 heteroatoms. The van der Waals surface area contributed by atoms with E-state index in [1.807, 2.05) is 11.0 Å². The molecule has 1 aliphatic rings.